The van der Waals surface area contributed by atoms with Crippen molar-refractivity contribution in [2.75, 3.05) is 27.3 Å². The fourth-order valence-electron chi connectivity index (χ4n) is 1.72. The molecule has 7 heteroatoms. The second kappa shape index (κ2) is 8.64. The molecule has 106 valence electrons. The molecule has 0 aliphatic heterocycles. The van der Waals surface area contributed by atoms with Crippen molar-refractivity contribution < 1.29 is 9.47 Å². The van der Waals surface area contributed by atoms with Crippen LogP contribution in [0.15, 0.2) is 23.3 Å². The molecule has 1 unspecified atom stereocenters. The smallest absolute Gasteiger partial charge is 0.128 e. The maximum absolute atomic E-state index is 9.25. The van der Waals surface area contributed by atoms with Crippen LogP contribution in [0.3, 0.4) is 0 Å². The van der Waals surface area contributed by atoms with Crippen LogP contribution in [-0.4, -0.2) is 27.3 Å². The summed E-state index contributed by atoms with van der Waals surface area (Å²) in [5, 5.41) is 15.8. The van der Waals surface area contributed by atoms with E-state index in [4.69, 9.17) is 15.0 Å². The van der Waals surface area contributed by atoms with Crippen LogP contribution in [0, 0.1) is 11.3 Å². The molecule has 1 atom stereocenters. The maximum atomic E-state index is 9.25. The Morgan fingerprint density at radius 1 is 1.45 bits per heavy atom. The number of ether oxygens (including phenoxy) is 2. The van der Waals surface area contributed by atoms with E-state index in [9.17, 15) is 5.26 Å². The van der Waals surface area contributed by atoms with Gasteiger partial charge in [-0.1, -0.05) is 5.11 Å². The number of nitrogens with one attached hydrogen (secondary N) is 1. The Balaban J connectivity index is 2.74. The molecule has 1 N–H and O–H groups in total. The second-order valence-corrected chi connectivity index (χ2v) is 3.93. The van der Waals surface area contributed by atoms with Crippen LogP contribution in [0.25, 0.3) is 10.4 Å². The molecule has 0 saturated carbocycles. The van der Waals surface area contributed by atoms with E-state index in [-0.39, 0.29) is 0 Å². The van der Waals surface area contributed by atoms with E-state index in [1.54, 1.807) is 32.4 Å². The van der Waals surface area contributed by atoms with Gasteiger partial charge in [-0.05, 0) is 30.6 Å². The lowest BCUT2D eigenvalue weighted by Gasteiger charge is -2.15. The first-order valence-corrected chi connectivity index (χ1v) is 6.12. The number of hydrogen-bond acceptors (Lipinski definition) is 5. The van der Waals surface area contributed by atoms with Crippen molar-refractivity contribution in [2.24, 2.45) is 5.11 Å². The summed E-state index contributed by atoms with van der Waals surface area (Å²) in [6.07, 6.45) is 0.667. The van der Waals surface area contributed by atoms with Gasteiger partial charge in [0.1, 0.15) is 17.5 Å². The molecule has 0 fully saturated rings. The van der Waals surface area contributed by atoms with Gasteiger partial charge in [-0.3, -0.25) is 5.32 Å². The first kappa shape index (κ1) is 15.6. The van der Waals surface area contributed by atoms with Crippen molar-refractivity contribution in [2.45, 2.75) is 12.5 Å². The molecule has 1 aromatic carbocycles. The standard InChI is InChI=1S/C13H17N5O2/c1-19-10-4-5-11(13(8-10)20-2)12(9-14)16-6-3-7-17-18-15/h4-5,8,12,16H,3,6-7H2,1-2H3. The number of methoxy groups -OCH3 is 2. The molecule has 7 nitrogen and oxygen atoms in total. The molecule has 0 radical (unpaired) electrons. The molecule has 0 spiro atoms. The Labute approximate surface area is 117 Å². The van der Waals surface area contributed by atoms with E-state index in [1.165, 1.54) is 0 Å². The summed E-state index contributed by atoms with van der Waals surface area (Å²) in [7, 11) is 3.12. The summed E-state index contributed by atoms with van der Waals surface area (Å²) in [5.74, 6) is 1.27. The Kier molecular flexibility index (Phi) is 6.76. The lowest BCUT2D eigenvalue weighted by Crippen LogP contribution is -2.22. The SMILES string of the molecule is COc1ccc(C(C#N)NCCCN=[N+]=[N-])c(OC)c1. The highest BCUT2D eigenvalue weighted by Gasteiger charge is 2.15. The first-order valence-electron chi connectivity index (χ1n) is 6.12. The molecule has 0 aliphatic rings. The van der Waals surface area contributed by atoms with Crippen LogP contribution >= 0.6 is 0 Å². The number of nitriles is 1. The summed E-state index contributed by atoms with van der Waals surface area (Å²) in [5.41, 5.74) is 8.92. The van der Waals surface area contributed by atoms with Crippen LogP contribution < -0.4 is 14.8 Å². The molecule has 0 saturated heterocycles. The Bertz CT molecular complexity index is 520. The zero-order chi connectivity index (χ0) is 14.8. The average molecular weight is 275 g/mol. The van der Waals surface area contributed by atoms with E-state index in [0.717, 1.165) is 5.56 Å². The zero-order valence-electron chi connectivity index (χ0n) is 11.5. The summed E-state index contributed by atoms with van der Waals surface area (Å²) in [4.78, 5) is 2.68. The normalized spacial score (nSPS) is 11.1. The highest BCUT2D eigenvalue weighted by molar-refractivity contribution is 5.44. The minimum absolute atomic E-state index is 0.404. The van der Waals surface area contributed by atoms with Crippen LogP contribution in [0.5, 0.6) is 11.5 Å². The Hall–Kier alpha value is -2.42. The third-order valence-electron chi connectivity index (χ3n) is 2.73. The number of nitrogens with zero attached hydrogens (tertiary/aromatic N) is 4. The highest BCUT2D eigenvalue weighted by Crippen LogP contribution is 2.29. The van der Waals surface area contributed by atoms with Crippen molar-refractivity contribution in [3.05, 3.63) is 34.2 Å². The van der Waals surface area contributed by atoms with E-state index in [0.29, 0.717) is 31.0 Å². The lowest BCUT2D eigenvalue weighted by atomic mass is 10.1. The van der Waals surface area contributed by atoms with Crippen molar-refractivity contribution in [3.63, 3.8) is 0 Å². The quantitative estimate of drug-likeness (QED) is 0.341. The maximum Gasteiger partial charge on any atom is 0.128 e. The summed E-state index contributed by atoms with van der Waals surface area (Å²) >= 11 is 0. The minimum Gasteiger partial charge on any atom is -0.497 e. The molecule has 0 aliphatic carbocycles. The van der Waals surface area contributed by atoms with Gasteiger partial charge in [0.25, 0.3) is 0 Å². The largest absolute Gasteiger partial charge is 0.497 e. The molecule has 0 heterocycles. The summed E-state index contributed by atoms with van der Waals surface area (Å²) in [6.45, 7) is 0.980. The van der Waals surface area contributed by atoms with Gasteiger partial charge in [0.05, 0.1) is 20.3 Å². The van der Waals surface area contributed by atoms with Crippen LogP contribution in [0.4, 0.5) is 0 Å². The van der Waals surface area contributed by atoms with Gasteiger partial charge < -0.3 is 9.47 Å². The first-order chi connectivity index (χ1) is 9.76. The third-order valence-corrected chi connectivity index (χ3v) is 2.73. The fourth-order valence-corrected chi connectivity index (χ4v) is 1.72. The van der Waals surface area contributed by atoms with Crippen LogP contribution in [-0.2, 0) is 0 Å². The monoisotopic (exact) mass is 275 g/mol. The van der Waals surface area contributed by atoms with Gasteiger partial charge in [0.2, 0.25) is 0 Å². The summed E-state index contributed by atoms with van der Waals surface area (Å²) < 4.78 is 10.4. The van der Waals surface area contributed by atoms with Gasteiger partial charge in [0.15, 0.2) is 0 Å². The Morgan fingerprint density at radius 2 is 2.25 bits per heavy atom. The van der Waals surface area contributed by atoms with Gasteiger partial charge in [-0.25, -0.2) is 0 Å². The van der Waals surface area contributed by atoms with Crippen molar-refractivity contribution in [1.29, 1.82) is 5.26 Å². The van der Waals surface area contributed by atoms with Crippen LogP contribution in [0.2, 0.25) is 0 Å². The number of rotatable bonds is 8. The molecule has 1 aromatic rings. The molecule has 0 bridgehead atoms. The van der Waals surface area contributed by atoms with Gasteiger partial charge in [-0.15, -0.1) is 0 Å². The van der Waals surface area contributed by atoms with E-state index >= 15 is 0 Å². The van der Waals surface area contributed by atoms with Gasteiger partial charge >= 0.3 is 0 Å². The number of benzene rings is 1. The van der Waals surface area contributed by atoms with E-state index in [1.807, 2.05) is 0 Å². The predicted molar refractivity (Wildman–Crippen MR) is 74.5 cm³/mol. The van der Waals surface area contributed by atoms with Crippen LogP contribution in [0.1, 0.15) is 18.0 Å². The van der Waals surface area contributed by atoms with E-state index in [2.05, 4.69) is 21.4 Å². The Morgan fingerprint density at radius 3 is 2.85 bits per heavy atom. The number of azide groups is 1. The molecular formula is C13H17N5O2. The molecule has 0 amide bonds. The van der Waals surface area contributed by atoms with Crippen molar-refractivity contribution in [3.8, 4) is 17.6 Å². The minimum atomic E-state index is -0.484. The molecule has 1 rings (SSSR count). The topological polar surface area (TPSA) is 103 Å². The predicted octanol–water partition coefficient (Wildman–Crippen LogP) is 2.56. The van der Waals surface area contributed by atoms with E-state index < -0.39 is 6.04 Å². The highest BCUT2D eigenvalue weighted by atomic mass is 16.5. The van der Waals surface area contributed by atoms with Crippen molar-refractivity contribution in [1.82, 2.24) is 5.32 Å². The van der Waals surface area contributed by atoms with Gasteiger partial charge in [0, 0.05) is 23.1 Å². The zero-order valence-corrected chi connectivity index (χ0v) is 11.5. The average Bonchev–Trinajstić information content (AvgIpc) is 2.50. The second-order valence-electron chi connectivity index (χ2n) is 3.93. The molecular weight excluding hydrogens is 258 g/mol. The third kappa shape index (κ3) is 4.35. The fraction of sp³-hybridized carbons (Fsp3) is 0.462. The van der Waals surface area contributed by atoms with Gasteiger partial charge in [-0.2, -0.15) is 5.26 Å². The molecule has 0 aromatic heterocycles. The number of hydrogen-bond donors (Lipinski definition) is 1. The van der Waals surface area contributed by atoms with Crippen molar-refractivity contribution >= 4 is 0 Å². The summed E-state index contributed by atoms with van der Waals surface area (Å²) in [6, 6.07) is 7.02. The lowest BCUT2D eigenvalue weighted by molar-refractivity contribution is 0.388. The molecule has 20 heavy (non-hydrogen) atoms.